The maximum absolute atomic E-state index is 9.91. The lowest BCUT2D eigenvalue weighted by molar-refractivity contribution is 0.195. The molecule has 0 aliphatic carbocycles. The van der Waals surface area contributed by atoms with Crippen LogP contribution in [0.5, 0.6) is 0 Å². The van der Waals surface area contributed by atoms with Gasteiger partial charge in [0.1, 0.15) is 5.82 Å². The number of aliphatic hydroxyl groups excluding tert-OH is 1. The first-order valence-corrected chi connectivity index (χ1v) is 7.04. The lowest BCUT2D eigenvalue weighted by Crippen LogP contribution is -2.38. The van der Waals surface area contributed by atoms with E-state index in [1.807, 2.05) is 12.1 Å². The predicted octanol–water partition coefficient (Wildman–Crippen LogP) is 2.78. The lowest BCUT2D eigenvalue weighted by Gasteiger charge is -2.33. The van der Waals surface area contributed by atoms with Crippen molar-refractivity contribution in [3.63, 3.8) is 0 Å². The average molecular weight is 266 g/mol. The number of rotatable bonds is 8. The van der Waals surface area contributed by atoms with Crippen molar-refractivity contribution in [2.75, 3.05) is 25.2 Å². The van der Waals surface area contributed by atoms with E-state index in [1.54, 1.807) is 20.2 Å². The molecule has 4 heteroatoms. The molecule has 0 amide bonds. The molecular formula is C15H26N2O2. The third-order valence-corrected chi connectivity index (χ3v) is 3.46. The molecule has 0 saturated carbocycles. The molecule has 1 rings (SSSR count). The Labute approximate surface area is 116 Å². The Balaban J connectivity index is 3.08. The van der Waals surface area contributed by atoms with Crippen molar-refractivity contribution in [2.24, 2.45) is 0 Å². The Hall–Kier alpha value is -1.13. The zero-order chi connectivity index (χ0) is 14.3. The normalized spacial score (nSPS) is 12.7. The molecule has 0 aromatic carbocycles. The van der Waals surface area contributed by atoms with E-state index in [1.165, 1.54) is 0 Å². The van der Waals surface area contributed by atoms with Crippen LogP contribution in [0, 0.1) is 0 Å². The van der Waals surface area contributed by atoms with Gasteiger partial charge in [0.25, 0.3) is 0 Å². The van der Waals surface area contributed by atoms with Crippen LogP contribution >= 0.6 is 0 Å². The van der Waals surface area contributed by atoms with Gasteiger partial charge in [-0.1, -0.05) is 19.9 Å². The highest BCUT2D eigenvalue weighted by molar-refractivity contribution is 5.48. The quantitative estimate of drug-likeness (QED) is 0.786. The SMILES string of the molecule is CCC(CC)N(CCOC)c1ncccc1[C@@H](C)O. The number of aromatic nitrogens is 1. The summed E-state index contributed by atoms with van der Waals surface area (Å²) < 4.78 is 5.20. The molecule has 0 aliphatic heterocycles. The molecule has 0 unspecified atom stereocenters. The number of anilines is 1. The molecule has 1 aromatic heterocycles. The van der Waals surface area contributed by atoms with E-state index in [0.29, 0.717) is 12.6 Å². The molecule has 1 aromatic rings. The minimum Gasteiger partial charge on any atom is -0.389 e. The molecule has 1 heterocycles. The van der Waals surface area contributed by atoms with Crippen molar-refractivity contribution in [1.82, 2.24) is 4.98 Å². The molecule has 0 spiro atoms. The number of pyridine rings is 1. The van der Waals surface area contributed by atoms with Crippen molar-refractivity contribution >= 4 is 5.82 Å². The average Bonchev–Trinajstić information content (AvgIpc) is 2.43. The van der Waals surface area contributed by atoms with Gasteiger partial charge in [0.05, 0.1) is 12.7 Å². The van der Waals surface area contributed by atoms with Crippen molar-refractivity contribution < 1.29 is 9.84 Å². The van der Waals surface area contributed by atoms with E-state index in [4.69, 9.17) is 4.74 Å². The largest absolute Gasteiger partial charge is 0.389 e. The maximum atomic E-state index is 9.91. The van der Waals surface area contributed by atoms with Crippen LogP contribution in [0.1, 0.15) is 45.3 Å². The second-order valence-corrected chi connectivity index (χ2v) is 4.75. The molecule has 0 fully saturated rings. The highest BCUT2D eigenvalue weighted by Gasteiger charge is 2.21. The predicted molar refractivity (Wildman–Crippen MR) is 78.5 cm³/mol. The van der Waals surface area contributed by atoms with Crippen LogP contribution in [0.25, 0.3) is 0 Å². The molecule has 1 N–H and O–H groups in total. The summed E-state index contributed by atoms with van der Waals surface area (Å²) in [6.45, 7) is 7.59. The van der Waals surface area contributed by atoms with Crippen LogP contribution in [0.3, 0.4) is 0 Å². The summed E-state index contributed by atoms with van der Waals surface area (Å²) in [7, 11) is 1.71. The second-order valence-electron chi connectivity index (χ2n) is 4.75. The van der Waals surface area contributed by atoms with Crippen LogP contribution in [0.2, 0.25) is 0 Å². The van der Waals surface area contributed by atoms with E-state index < -0.39 is 6.10 Å². The third-order valence-electron chi connectivity index (χ3n) is 3.46. The zero-order valence-electron chi connectivity index (χ0n) is 12.5. The van der Waals surface area contributed by atoms with Gasteiger partial charge < -0.3 is 14.7 Å². The van der Waals surface area contributed by atoms with Crippen molar-refractivity contribution in [3.8, 4) is 0 Å². The van der Waals surface area contributed by atoms with E-state index >= 15 is 0 Å². The highest BCUT2D eigenvalue weighted by atomic mass is 16.5. The Morgan fingerprint density at radius 3 is 2.58 bits per heavy atom. The van der Waals surface area contributed by atoms with Gasteiger partial charge in [-0.15, -0.1) is 0 Å². The molecule has 0 aliphatic rings. The summed E-state index contributed by atoms with van der Waals surface area (Å²) in [5.74, 6) is 0.878. The number of hydrogen-bond donors (Lipinski definition) is 1. The standard InChI is InChI=1S/C15H26N2O2/c1-5-13(6-2)17(10-11-19-4)15-14(12(3)18)8-7-9-16-15/h7-9,12-13,18H,5-6,10-11H2,1-4H3/t12-/m1/s1. The molecule has 1 atom stereocenters. The van der Waals surface area contributed by atoms with Crippen molar-refractivity contribution in [3.05, 3.63) is 23.9 Å². The number of methoxy groups -OCH3 is 1. The maximum Gasteiger partial charge on any atom is 0.134 e. The van der Waals surface area contributed by atoms with Gasteiger partial charge in [0.2, 0.25) is 0 Å². The van der Waals surface area contributed by atoms with E-state index in [-0.39, 0.29) is 0 Å². The first kappa shape index (κ1) is 15.9. The minimum absolute atomic E-state index is 0.419. The Morgan fingerprint density at radius 2 is 2.05 bits per heavy atom. The van der Waals surface area contributed by atoms with Crippen LogP contribution in [-0.2, 0) is 4.74 Å². The van der Waals surface area contributed by atoms with Gasteiger partial charge in [-0.3, -0.25) is 0 Å². The Bertz CT molecular complexity index is 365. The summed E-state index contributed by atoms with van der Waals surface area (Å²) in [6, 6.07) is 4.23. The number of nitrogens with zero attached hydrogens (tertiary/aromatic N) is 2. The van der Waals surface area contributed by atoms with E-state index in [0.717, 1.165) is 30.8 Å². The topological polar surface area (TPSA) is 45.6 Å². The van der Waals surface area contributed by atoms with E-state index in [9.17, 15) is 5.11 Å². The Morgan fingerprint density at radius 1 is 1.37 bits per heavy atom. The smallest absolute Gasteiger partial charge is 0.134 e. The van der Waals surface area contributed by atoms with Crippen molar-refractivity contribution in [2.45, 2.75) is 45.8 Å². The van der Waals surface area contributed by atoms with Crippen LogP contribution in [0.15, 0.2) is 18.3 Å². The monoisotopic (exact) mass is 266 g/mol. The molecule has 0 saturated heterocycles. The summed E-state index contributed by atoms with van der Waals surface area (Å²) in [5.41, 5.74) is 0.880. The summed E-state index contributed by atoms with van der Waals surface area (Å²) >= 11 is 0. The summed E-state index contributed by atoms with van der Waals surface area (Å²) in [4.78, 5) is 6.74. The number of hydrogen-bond acceptors (Lipinski definition) is 4. The molecular weight excluding hydrogens is 240 g/mol. The van der Waals surface area contributed by atoms with Crippen LogP contribution in [-0.4, -0.2) is 36.4 Å². The molecule has 19 heavy (non-hydrogen) atoms. The van der Waals surface area contributed by atoms with Gasteiger partial charge in [0, 0.05) is 31.5 Å². The molecule has 108 valence electrons. The summed E-state index contributed by atoms with van der Waals surface area (Å²) in [5, 5.41) is 9.91. The van der Waals surface area contributed by atoms with Gasteiger partial charge in [-0.05, 0) is 25.8 Å². The third kappa shape index (κ3) is 4.18. The van der Waals surface area contributed by atoms with Crippen LogP contribution < -0.4 is 4.90 Å². The zero-order valence-corrected chi connectivity index (χ0v) is 12.5. The van der Waals surface area contributed by atoms with E-state index in [2.05, 4.69) is 23.7 Å². The fourth-order valence-electron chi connectivity index (χ4n) is 2.36. The van der Waals surface area contributed by atoms with Crippen molar-refractivity contribution in [1.29, 1.82) is 0 Å². The first-order chi connectivity index (χ1) is 9.15. The molecule has 4 nitrogen and oxygen atoms in total. The van der Waals surface area contributed by atoms with Gasteiger partial charge in [-0.25, -0.2) is 4.98 Å². The molecule has 0 bridgehead atoms. The minimum atomic E-state index is -0.511. The fraction of sp³-hybridized carbons (Fsp3) is 0.667. The van der Waals surface area contributed by atoms with Gasteiger partial charge in [0.15, 0.2) is 0 Å². The highest BCUT2D eigenvalue weighted by Crippen LogP contribution is 2.26. The van der Waals surface area contributed by atoms with Crippen LogP contribution in [0.4, 0.5) is 5.82 Å². The fourth-order valence-corrected chi connectivity index (χ4v) is 2.36. The lowest BCUT2D eigenvalue weighted by atomic mass is 10.1. The number of aliphatic hydroxyl groups is 1. The van der Waals surface area contributed by atoms with Gasteiger partial charge >= 0.3 is 0 Å². The second kappa shape index (κ2) is 8.12. The number of ether oxygens (including phenoxy) is 1. The van der Waals surface area contributed by atoms with Gasteiger partial charge in [-0.2, -0.15) is 0 Å². The molecule has 0 radical (unpaired) electrons. The Kier molecular flexibility index (Phi) is 6.81. The summed E-state index contributed by atoms with van der Waals surface area (Å²) in [6.07, 6.45) is 3.37. The first-order valence-electron chi connectivity index (χ1n) is 7.04.